The standard InChI is InChI=1S/C12H17FN2O2/c1-17-7-3-6-14-9-12(16)15-11-5-2-4-10(13)8-11/h2,4-5,8,14H,3,6-7,9H2,1H3,(H,15,16). The van der Waals surface area contributed by atoms with E-state index in [9.17, 15) is 9.18 Å². The maximum absolute atomic E-state index is 12.8. The molecule has 0 bridgehead atoms. The summed E-state index contributed by atoms with van der Waals surface area (Å²) in [5, 5.41) is 5.57. The predicted octanol–water partition coefficient (Wildman–Crippen LogP) is 1.39. The molecule has 0 fully saturated rings. The van der Waals surface area contributed by atoms with Crippen molar-refractivity contribution in [3.05, 3.63) is 30.1 Å². The second kappa shape index (κ2) is 7.76. The Bertz CT molecular complexity index is 358. The predicted molar refractivity (Wildman–Crippen MR) is 64.4 cm³/mol. The van der Waals surface area contributed by atoms with Crippen LogP contribution in [0.2, 0.25) is 0 Å². The van der Waals surface area contributed by atoms with Crippen LogP contribution in [0.4, 0.5) is 10.1 Å². The van der Waals surface area contributed by atoms with Gasteiger partial charge in [0.25, 0.3) is 0 Å². The molecule has 1 aromatic carbocycles. The number of methoxy groups -OCH3 is 1. The molecule has 1 aromatic rings. The Balaban J connectivity index is 2.21. The molecular formula is C12H17FN2O2. The van der Waals surface area contributed by atoms with Gasteiger partial charge in [0, 0.05) is 19.4 Å². The van der Waals surface area contributed by atoms with Crippen LogP contribution < -0.4 is 10.6 Å². The van der Waals surface area contributed by atoms with Crippen molar-refractivity contribution in [1.82, 2.24) is 5.32 Å². The number of halogens is 1. The fraction of sp³-hybridized carbons (Fsp3) is 0.417. The number of carbonyl (C=O) groups is 1. The normalized spacial score (nSPS) is 10.2. The van der Waals surface area contributed by atoms with Crippen molar-refractivity contribution in [3.8, 4) is 0 Å². The molecule has 1 rings (SSSR count). The lowest BCUT2D eigenvalue weighted by Crippen LogP contribution is -2.29. The van der Waals surface area contributed by atoms with Crippen molar-refractivity contribution in [3.63, 3.8) is 0 Å². The van der Waals surface area contributed by atoms with Crippen LogP contribution >= 0.6 is 0 Å². The minimum absolute atomic E-state index is 0.187. The van der Waals surface area contributed by atoms with Crippen LogP contribution in [0.15, 0.2) is 24.3 Å². The van der Waals surface area contributed by atoms with E-state index in [4.69, 9.17) is 4.74 Å². The third kappa shape index (κ3) is 5.99. The summed E-state index contributed by atoms with van der Waals surface area (Å²) in [7, 11) is 1.64. The van der Waals surface area contributed by atoms with Gasteiger partial charge in [-0.15, -0.1) is 0 Å². The lowest BCUT2D eigenvalue weighted by Gasteiger charge is -2.06. The SMILES string of the molecule is COCCCNCC(=O)Nc1cccc(F)c1. The Morgan fingerprint density at radius 3 is 3.00 bits per heavy atom. The van der Waals surface area contributed by atoms with Crippen LogP contribution in [-0.4, -0.2) is 32.7 Å². The van der Waals surface area contributed by atoms with Gasteiger partial charge in [0.2, 0.25) is 5.91 Å². The first-order chi connectivity index (χ1) is 8.22. The molecular weight excluding hydrogens is 223 g/mol. The van der Waals surface area contributed by atoms with Crippen molar-refractivity contribution < 1.29 is 13.9 Å². The highest BCUT2D eigenvalue weighted by Gasteiger charge is 2.01. The van der Waals surface area contributed by atoms with Crippen molar-refractivity contribution >= 4 is 11.6 Å². The summed E-state index contributed by atoms with van der Waals surface area (Å²) < 4.78 is 17.7. The summed E-state index contributed by atoms with van der Waals surface area (Å²) in [6.07, 6.45) is 0.851. The zero-order valence-corrected chi connectivity index (χ0v) is 9.83. The molecule has 5 heteroatoms. The largest absolute Gasteiger partial charge is 0.385 e. The summed E-state index contributed by atoms with van der Waals surface area (Å²) in [5.41, 5.74) is 0.466. The van der Waals surface area contributed by atoms with Gasteiger partial charge < -0.3 is 15.4 Å². The Kier molecular flexibility index (Phi) is 6.21. The van der Waals surface area contributed by atoms with E-state index in [0.717, 1.165) is 6.42 Å². The van der Waals surface area contributed by atoms with Gasteiger partial charge in [0.15, 0.2) is 0 Å². The summed E-state index contributed by atoms with van der Waals surface area (Å²) in [6, 6.07) is 5.81. The van der Waals surface area contributed by atoms with Crippen molar-refractivity contribution in [2.24, 2.45) is 0 Å². The first kappa shape index (κ1) is 13.6. The molecule has 0 aliphatic heterocycles. The fourth-order valence-corrected chi connectivity index (χ4v) is 1.31. The first-order valence-electron chi connectivity index (χ1n) is 5.47. The van der Waals surface area contributed by atoms with Crippen LogP contribution in [0.25, 0.3) is 0 Å². The number of amides is 1. The number of hydrogen-bond acceptors (Lipinski definition) is 3. The number of rotatable bonds is 7. The van der Waals surface area contributed by atoms with E-state index >= 15 is 0 Å². The molecule has 94 valence electrons. The number of carbonyl (C=O) groups excluding carboxylic acids is 1. The fourth-order valence-electron chi connectivity index (χ4n) is 1.31. The molecule has 1 amide bonds. The summed E-state index contributed by atoms with van der Waals surface area (Å²) in [4.78, 5) is 11.4. The third-order valence-electron chi connectivity index (χ3n) is 2.10. The van der Waals surface area contributed by atoms with Gasteiger partial charge in [0.05, 0.1) is 6.54 Å². The minimum Gasteiger partial charge on any atom is -0.385 e. The maximum atomic E-state index is 12.8. The number of nitrogens with one attached hydrogen (secondary N) is 2. The molecule has 0 spiro atoms. The monoisotopic (exact) mass is 240 g/mol. The number of ether oxygens (including phenoxy) is 1. The summed E-state index contributed by atoms with van der Waals surface area (Å²) in [6.45, 7) is 1.59. The molecule has 0 aliphatic carbocycles. The molecule has 0 heterocycles. The topological polar surface area (TPSA) is 50.4 Å². The van der Waals surface area contributed by atoms with Crippen LogP contribution in [0.3, 0.4) is 0 Å². The molecule has 0 saturated heterocycles. The Morgan fingerprint density at radius 2 is 2.29 bits per heavy atom. The Labute approximate surface area is 100 Å². The van der Waals surface area contributed by atoms with E-state index < -0.39 is 0 Å². The Hall–Kier alpha value is -1.46. The molecule has 4 nitrogen and oxygen atoms in total. The maximum Gasteiger partial charge on any atom is 0.238 e. The van der Waals surface area contributed by atoms with E-state index in [-0.39, 0.29) is 18.3 Å². The zero-order chi connectivity index (χ0) is 12.5. The highest BCUT2D eigenvalue weighted by atomic mass is 19.1. The number of anilines is 1. The molecule has 2 N–H and O–H groups in total. The average Bonchev–Trinajstić information content (AvgIpc) is 2.29. The van der Waals surface area contributed by atoms with Gasteiger partial charge in [-0.3, -0.25) is 4.79 Å². The second-order valence-corrected chi connectivity index (χ2v) is 3.58. The van der Waals surface area contributed by atoms with Crippen LogP contribution in [-0.2, 0) is 9.53 Å². The number of benzene rings is 1. The first-order valence-corrected chi connectivity index (χ1v) is 5.47. The molecule has 0 aliphatic rings. The summed E-state index contributed by atoms with van der Waals surface area (Å²) >= 11 is 0. The average molecular weight is 240 g/mol. The third-order valence-corrected chi connectivity index (χ3v) is 2.10. The quantitative estimate of drug-likeness (QED) is 0.708. The highest BCUT2D eigenvalue weighted by molar-refractivity contribution is 5.92. The van der Waals surface area contributed by atoms with Crippen LogP contribution in [0, 0.1) is 5.82 Å². The smallest absolute Gasteiger partial charge is 0.238 e. The minimum atomic E-state index is -0.365. The van der Waals surface area contributed by atoms with E-state index in [1.165, 1.54) is 12.1 Å². The summed E-state index contributed by atoms with van der Waals surface area (Å²) in [5.74, 6) is -0.552. The molecule has 0 aromatic heterocycles. The van der Waals surface area contributed by atoms with Gasteiger partial charge in [-0.2, -0.15) is 0 Å². The van der Waals surface area contributed by atoms with Crippen molar-refractivity contribution in [2.45, 2.75) is 6.42 Å². The lowest BCUT2D eigenvalue weighted by atomic mass is 10.3. The lowest BCUT2D eigenvalue weighted by molar-refractivity contribution is -0.115. The van der Waals surface area contributed by atoms with E-state index in [2.05, 4.69) is 10.6 Å². The van der Waals surface area contributed by atoms with Gasteiger partial charge in [-0.25, -0.2) is 4.39 Å². The molecule has 0 atom stereocenters. The van der Waals surface area contributed by atoms with Gasteiger partial charge in [-0.1, -0.05) is 6.07 Å². The number of hydrogen-bond donors (Lipinski definition) is 2. The van der Waals surface area contributed by atoms with Crippen molar-refractivity contribution in [2.75, 3.05) is 32.1 Å². The van der Waals surface area contributed by atoms with E-state index in [1.807, 2.05) is 0 Å². The highest BCUT2D eigenvalue weighted by Crippen LogP contribution is 2.08. The van der Waals surface area contributed by atoms with Gasteiger partial charge >= 0.3 is 0 Å². The Morgan fingerprint density at radius 1 is 1.47 bits per heavy atom. The molecule has 17 heavy (non-hydrogen) atoms. The molecule has 0 unspecified atom stereocenters. The van der Waals surface area contributed by atoms with Gasteiger partial charge in [-0.05, 0) is 31.2 Å². The zero-order valence-electron chi connectivity index (χ0n) is 9.83. The van der Waals surface area contributed by atoms with Crippen LogP contribution in [0.1, 0.15) is 6.42 Å². The van der Waals surface area contributed by atoms with Gasteiger partial charge in [0.1, 0.15) is 5.82 Å². The van der Waals surface area contributed by atoms with Crippen molar-refractivity contribution in [1.29, 1.82) is 0 Å². The van der Waals surface area contributed by atoms with Crippen LogP contribution in [0.5, 0.6) is 0 Å². The molecule has 0 saturated carbocycles. The van der Waals surface area contributed by atoms with E-state index in [1.54, 1.807) is 19.2 Å². The molecule has 0 radical (unpaired) electrons. The van der Waals surface area contributed by atoms with E-state index in [0.29, 0.717) is 18.8 Å². The second-order valence-electron chi connectivity index (χ2n) is 3.58.